The minimum Gasteiger partial charge on any atom is -0.314 e. The Morgan fingerprint density at radius 3 is 2.04 bits per heavy atom. The molecule has 25 heavy (non-hydrogen) atoms. The van der Waals surface area contributed by atoms with E-state index in [0.29, 0.717) is 26.2 Å². The molecule has 1 saturated heterocycles. The van der Waals surface area contributed by atoms with Crippen LogP contribution in [0.3, 0.4) is 0 Å². The highest BCUT2D eigenvalue weighted by atomic mass is 35.5. The van der Waals surface area contributed by atoms with Gasteiger partial charge >= 0.3 is 12.4 Å². The predicted molar refractivity (Wildman–Crippen MR) is 88.8 cm³/mol. The standard InChI is InChI=1S/C14H15ClF6N2.2ClH/c15-11-7-9(1-2-10(11)14(19,20)21)12(8-13(16,17)18)23-5-3-22-4-6-23;;/h1-2,7,12,22H,3-6,8H2;2*1H/t12-;;/m1../s1. The first-order valence-corrected chi connectivity index (χ1v) is 7.34. The Balaban J connectivity index is 0.00000288. The maximum absolute atomic E-state index is 12.9. The van der Waals surface area contributed by atoms with Crippen LogP contribution in [0.2, 0.25) is 5.02 Å². The molecular weight excluding hydrogens is 417 g/mol. The Kier molecular flexibility index (Phi) is 9.35. The number of halogens is 9. The summed E-state index contributed by atoms with van der Waals surface area (Å²) in [6.07, 6.45) is -10.2. The largest absolute Gasteiger partial charge is 0.417 e. The van der Waals surface area contributed by atoms with Gasteiger partial charge in [-0.1, -0.05) is 17.7 Å². The molecule has 1 aromatic rings. The third-order valence-electron chi connectivity index (χ3n) is 3.70. The fourth-order valence-electron chi connectivity index (χ4n) is 2.64. The lowest BCUT2D eigenvalue weighted by atomic mass is 9.99. The summed E-state index contributed by atoms with van der Waals surface area (Å²) in [7, 11) is 0. The molecule has 0 aliphatic carbocycles. The van der Waals surface area contributed by atoms with Crippen LogP contribution in [-0.4, -0.2) is 37.3 Å². The van der Waals surface area contributed by atoms with Crippen LogP contribution in [0, 0.1) is 0 Å². The van der Waals surface area contributed by atoms with E-state index in [1.54, 1.807) is 4.90 Å². The number of rotatable bonds is 3. The fraction of sp³-hybridized carbons (Fsp3) is 0.571. The minimum atomic E-state index is -4.63. The number of alkyl halides is 6. The molecule has 2 rings (SSSR count). The van der Waals surface area contributed by atoms with Crippen molar-refractivity contribution in [3.8, 4) is 0 Å². The summed E-state index contributed by atoms with van der Waals surface area (Å²) < 4.78 is 76.8. The second-order valence-electron chi connectivity index (χ2n) is 5.36. The zero-order chi connectivity index (χ0) is 17.3. The van der Waals surface area contributed by atoms with Gasteiger partial charge < -0.3 is 5.32 Å². The SMILES string of the molecule is Cl.Cl.FC(F)(F)C[C@H](c1ccc(C(F)(F)F)c(Cl)c1)N1CCNCC1. The number of nitrogens with zero attached hydrogens (tertiary/aromatic N) is 1. The third-order valence-corrected chi connectivity index (χ3v) is 4.01. The summed E-state index contributed by atoms with van der Waals surface area (Å²) >= 11 is 5.64. The Hall–Kier alpha value is -0.410. The molecule has 0 unspecified atom stereocenters. The first kappa shape index (κ1) is 24.6. The van der Waals surface area contributed by atoms with Crippen molar-refractivity contribution in [2.75, 3.05) is 26.2 Å². The van der Waals surface area contributed by atoms with E-state index in [-0.39, 0.29) is 30.4 Å². The first-order valence-electron chi connectivity index (χ1n) is 6.96. The lowest BCUT2D eigenvalue weighted by Crippen LogP contribution is -2.46. The number of nitrogens with one attached hydrogen (secondary N) is 1. The summed E-state index contributed by atoms with van der Waals surface area (Å²) in [4.78, 5) is 1.61. The topological polar surface area (TPSA) is 15.3 Å². The van der Waals surface area contributed by atoms with Crippen LogP contribution < -0.4 is 5.32 Å². The van der Waals surface area contributed by atoms with Gasteiger partial charge in [0.15, 0.2) is 0 Å². The van der Waals surface area contributed by atoms with Gasteiger partial charge in [0, 0.05) is 32.2 Å². The highest BCUT2D eigenvalue weighted by Crippen LogP contribution is 2.39. The van der Waals surface area contributed by atoms with Gasteiger partial charge in [-0.05, 0) is 17.7 Å². The zero-order valence-corrected chi connectivity index (χ0v) is 15.1. The summed E-state index contributed by atoms with van der Waals surface area (Å²) in [5.41, 5.74) is -0.906. The molecule has 1 heterocycles. The average Bonchev–Trinajstić information content (AvgIpc) is 2.43. The second kappa shape index (κ2) is 9.50. The average molecular weight is 434 g/mol. The van der Waals surface area contributed by atoms with Gasteiger partial charge in [-0.2, -0.15) is 26.3 Å². The smallest absolute Gasteiger partial charge is 0.314 e. The zero-order valence-electron chi connectivity index (χ0n) is 12.8. The lowest BCUT2D eigenvalue weighted by molar-refractivity contribution is -0.149. The molecule has 146 valence electrons. The molecule has 2 nitrogen and oxygen atoms in total. The van der Waals surface area contributed by atoms with Gasteiger partial charge in [0.1, 0.15) is 0 Å². The first-order chi connectivity index (χ1) is 10.6. The van der Waals surface area contributed by atoms with Crippen molar-refractivity contribution in [3.05, 3.63) is 34.3 Å². The maximum atomic E-state index is 12.9. The lowest BCUT2D eigenvalue weighted by Gasteiger charge is -2.35. The Morgan fingerprint density at radius 2 is 1.60 bits per heavy atom. The predicted octanol–water partition coefficient (Wildman–Crippen LogP) is 5.10. The number of piperazine rings is 1. The highest BCUT2D eigenvalue weighted by molar-refractivity contribution is 6.31. The van der Waals surface area contributed by atoms with Gasteiger partial charge in [0.25, 0.3) is 0 Å². The molecule has 1 aliphatic rings. The highest BCUT2D eigenvalue weighted by Gasteiger charge is 2.37. The van der Waals surface area contributed by atoms with Gasteiger partial charge in [-0.15, -0.1) is 24.8 Å². The van der Waals surface area contributed by atoms with Gasteiger partial charge in [-0.3, -0.25) is 4.90 Å². The Bertz CT molecular complexity index is 544. The van der Waals surface area contributed by atoms with Crippen LogP contribution in [0.5, 0.6) is 0 Å². The molecule has 1 aliphatic heterocycles. The van der Waals surface area contributed by atoms with Gasteiger partial charge in [0.2, 0.25) is 0 Å². The van der Waals surface area contributed by atoms with Gasteiger partial charge in [-0.25, -0.2) is 0 Å². The van der Waals surface area contributed by atoms with Crippen molar-refractivity contribution in [1.29, 1.82) is 0 Å². The number of hydrogen-bond donors (Lipinski definition) is 1. The maximum Gasteiger partial charge on any atom is 0.417 e. The molecule has 0 bridgehead atoms. The Labute approximate surface area is 158 Å². The van der Waals surface area contributed by atoms with E-state index in [9.17, 15) is 26.3 Å². The quantitative estimate of drug-likeness (QED) is 0.667. The summed E-state index contributed by atoms with van der Waals surface area (Å²) in [6, 6.07) is 1.76. The second-order valence-corrected chi connectivity index (χ2v) is 5.77. The van der Waals surface area contributed by atoms with Crippen LogP contribution in [0.4, 0.5) is 26.3 Å². The van der Waals surface area contributed by atoms with Crippen molar-refractivity contribution < 1.29 is 26.3 Å². The number of benzene rings is 1. The molecule has 11 heteroatoms. The summed E-state index contributed by atoms with van der Waals surface area (Å²) in [5, 5.41) is 2.44. The normalized spacial score (nSPS) is 17.4. The van der Waals surface area contributed by atoms with Crippen molar-refractivity contribution in [3.63, 3.8) is 0 Å². The van der Waals surface area contributed by atoms with Crippen LogP contribution in [0.15, 0.2) is 18.2 Å². The molecule has 0 radical (unpaired) electrons. The van der Waals surface area contributed by atoms with E-state index < -0.39 is 35.4 Å². The van der Waals surface area contributed by atoms with Gasteiger partial charge in [0.05, 0.1) is 17.0 Å². The van der Waals surface area contributed by atoms with E-state index in [2.05, 4.69) is 5.32 Å². The van der Waals surface area contributed by atoms with Crippen LogP contribution in [0.25, 0.3) is 0 Å². The van der Waals surface area contributed by atoms with Crippen LogP contribution in [0.1, 0.15) is 23.6 Å². The molecule has 1 atom stereocenters. The monoisotopic (exact) mass is 432 g/mol. The van der Waals surface area contributed by atoms with Crippen molar-refractivity contribution in [1.82, 2.24) is 10.2 Å². The molecule has 0 aromatic heterocycles. The molecule has 1 aromatic carbocycles. The van der Waals surface area contributed by atoms with E-state index in [1.807, 2.05) is 0 Å². The van der Waals surface area contributed by atoms with E-state index in [4.69, 9.17) is 11.6 Å². The molecule has 1 N–H and O–H groups in total. The van der Waals surface area contributed by atoms with E-state index in [0.717, 1.165) is 18.2 Å². The Morgan fingerprint density at radius 1 is 1.04 bits per heavy atom. The van der Waals surface area contributed by atoms with E-state index >= 15 is 0 Å². The van der Waals surface area contributed by atoms with E-state index in [1.165, 1.54) is 0 Å². The van der Waals surface area contributed by atoms with Crippen molar-refractivity contribution in [2.24, 2.45) is 0 Å². The molecule has 1 fully saturated rings. The minimum absolute atomic E-state index is 0. The van der Waals surface area contributed by atoms with Crippen molar-refractivity contribution >= 4 is 36.4 Å². The molecule has 0 amide bonds. The van der Waals surface area contributed by atoms with Crippen LogP contribution in [-0.2, 0) is 6.18 Å². The molecular formula is C14H17Cl3F6N2. The number of hydrogen-bond acceptors (Lipinski definition) is 2. The summed E-state index contributed by atoms with van der Waals surface area (Å²) in [6.45, 7) is 1.84. The molecule has 0 saturated carbocycles. The summed E-state index contributed by atoms with van der Waals surface area (Å²) in [5.74, 6) is 0. The third kappa shape index (κ3) is 7.02. The molecule has 0 spiro atoms. The van der Waals surface area contributed by atoms with Crippen LogP contribution >= 0.6 is 36.4 Å². The fourth-order valence-corrected chi connectivity index (χ4v) is 2.94. The van der Waals surface area contributed by atoms with Crippen molar-refractivity contribution in [2.45, 2.75) is 24.8 Å².